The Balaban J connectivity index is 1.45. The molecule has 0 aliphatic carbocycles. The van der Waals surface area contributed by atoms with Gasteiger partial charge in [0.05, 0.1) is 0 Å². The topological polar surface area (TPSA) is 44.4 Å². The third-order valence-corrected chi connectivity index (χ3v) is 5.58. The second-order valence-electron chi connectivity index (χ2n) is 7.69. The number of benzene rings is 2. The summed E-state index contributed by atoms with van der Waals surface area (Å²) < 4.78 is 0. The summed E-state index contributed by atoms with van der Waals surface area (Å²) in [6.07, 6.45) is 2.99. The van der Waals surface area contributed by atoms with Gasteiger partial charge in [-0.2, -0.15) is 0 Å². The molecule has 2 N–H and O–H groups in total. The van der Waals surface area contributed by atoms with E-state index in [-0.39, 0.29) is 5.91 Å². The van der Waals surface area contributed by atoms with Crippen LogP contribution in [0.3, 0.4) is 0 Å². The third-order valence-electron chi connectivity index (χ3n) is 5.58. The number of anilines is 3. The van der Waals surface area contributed by atoms with Crippen LogP contribution in [0.4, 0.5) is 17.1 Å². The third kappa shape index (κ3) is 5.25. The Morgan fingerprint density at radius 3 is 2.48 bits per heavy atom. The Labute approximate surface area is 163 Å². The molecule has 144 valence electrons. The maximum atomic E-state index is 12.2. The number of rotatable bonds is 6. The quantitative estimate of drug-likeness (QED) is 0.759. The molecule has 4 heteroatoms. The van der Waals surface area contributed by atoms with Gasteiger partial charge < -0.3 is 15.5 Å². The second kappa shape index (κ2) is 8.94. The number of nitrogens with zero attached hydrogens (tertiary/aromatic N) is 1. The van der Waals surface area contributed by atoms with Crippen molar-refractivity contribution in [3.05, 3.63) is 53.6 Å². The van der Waals surface area contributed by atoms with Crippen LogP contribution >= 0.6 is 0 Å². The predicted octanol–water partition coefficient (Wildman–Crippen LogP) is 4.98. The molecule has 0 unspecified atom stereocenters. The molecule has 27 heavy (non-hydrogen) atoms. The smallest absolute Gasteiger partial charge is 0.226 e. The van der Waals surface area contributed by atoms with Crippen molar-refractivity contribution in [1.29, 1.82) is 0 Å². The fraction of sp³-hybridized carbons (Fsp3) is 0.435. The molecular formula is C23H31N3O. The molecular weight excluding hydrogens is 334 g/mol. The number of carbonyl (C=O) groups is 1. The first-order chi connectivity index (χ1) is 13.0. The SMILES string of the molecule is Cc1cccc(NC(=O)CCNc2ccc(N3CCC(C)CC3)cc2)c1C. The van der Waals surface area contributed by atoms with Gasteiger partial charge in [-0.15, -0.1) is 0 Å². The van der Waals surface area contributed by atoms with Gasteiger partial charge in [-0.25, -0.2) is 0 Å². The first kappa shape index (κ1) is 19.3. The van der Waals surface area contributed by atoms with Crippen molar-refractivity contribution in [3.8, 4) is 0 Å². The Bertz CT molecular complexity index is 762. The largest absolute Gasteiger partial charge is 0.385 e. The summed E-state index contributed by atoms with van der Waals surface area (Å²) in [5, 5.41) is 6.35. The zero-order chi connectivity index (χ0) is 19.2. The lowest BCUT2D eigenvalue weighted by atomic mass is 9.99. The lowest BCUT2D eigenvalue weighted by Crippen LogP contribution is -2.32. The average molecular weight is 366 g/mol. The number of carbonyl (C=O) groups excluding carboxylic acids is 1. The van der Waals surface area contributed by atoms with Crippen LogP contribution in [0.15, 0.2) is 42.5 Å². The minimum atomic E-state index is 0.0373. The summed E-state index contributed by atoms with van der Waals surface area (Å²) in [7, 11) is 0. The van der Waals surface area contributed by atoms with Gasteiger partial charge in [-0.1, -0.05) is 19.1 Å². The summed E-state index contributed by atoms with van der Waals surface area (Å²) in [6.45, 7) is 9.34. The van der Waals surface area contributed by atoms with Gasteiger partial charge in [0.2, 0.25) is 5.91 Å². The summed E-state index contributed by atoms with van der Waals surface area (Å²) in [5.74, 6) is 0.882. The highest BCUT2D eigenvalue weighted by Gasteiger charge is 2.15. The van der Waals surface area contributed by atoms with Crippen LogP contribution in [0.2, 0.25) is 0 Å². The van der Waals surface area contributed by atoms with Crippen molar-refractivity contribution in [1.82, 2.24) is 0 Å². The molecule has 1 aliphatic heterocycles. The van der Waals surface area contributed by atoms with E-state index in [2.05, 4.69) is 59.7 Å². The van der Waals surface area contributed by atoms with E-state index in [1.807, 2.05) is 19.1 Å². The van der Waals surface area contributed by atoms with E-state index in [0.29, 0.717) is 13.0 Å². The van der Waals surface area contributed by atoms with Crippen molar-refractivity contribution >= 4 is 23.0 Å². The van der Waals surface area contributed by atoms with Crippen LogP contribution in [0.25, 0.3) is 0 Å². The molecule has 2 aromatic rings. The summed E-state index contributed by atoms with van der Waals surface area (Å²) in [5.41, 5.74) is 5.57. The average Bonchev–Trinajstić information content (AvgIpc) is 2.67. The standard InChI is InChI=1S/C23H31N3O/c1-17-12-15-26(16-13-17)21-9-7-20(8-10-21)24-14-11-23(27)25-22-6-4-5-18(2)19(22)3/h4-10,17,24H,11-16H2,1-3H3,(H,25,27). The van der Waals surface area contributed by atoms with Gasteiger partial charge >= 0.3 is 0 Å². The number of hydrogen-bond donors (Lipinski definition) is 2. The molecule has 0 aromatic heterocycles. The molecule has 1 aliphatic rings. The Kier molecular flexibility index (Phi) is 6.38. The van der Waals surface area contributed by atoms with Gasteiger partial charge in [0.15, 0.2) is 0 Å². The molecule has 3 rings (SSSR count). The monoisotopic (exact) mass is 365 g/mol. The first-order valence-electron chi connectivity index (χ1n) is 9.98. The van der Waals surface area contributed by atoms with E-state index in [1.54, 1.807) is 0 Å². The molecule has 0 radical (unpaired) electrons. The lowest BCUT2D eigenvalue weighted by Gasteiger charge is -2.32. The van der Waals surface area contributed by atoms with Crippen molar-refractivity contribution in [2.24, 2.45) is 5.92 Å². The van der Waals surface area contributed by atoms with Crippen molar-refractivity contribution < 1.29 is 4.79 Å². The molecule has 2 aromatic carbocycles. The van der Waals surface area contributed by atoms with E-state index in [4.69, 9.17) is 0 Å². The fourth-order valence-corrected chi connectivity index (χ4v) is 3.48. The molecule has 1 fully saturated rings. The minimum absolute atomic E-state index is 0.0373. The first-order valence-corrected chi connectivity index (χ1v) is 9.98. The summed E-state index contributed by atoms with van der Waals surface area (Å²) in [6, 6.07) is 14.5. The van der Waals surface area contributed by atoms with E-state index in [1.165, 1.54) is 24.1 Å². The molecule has 0 atom stereocenters. The van der Waals surface area contributed by atoms with Crippen LogP contribution < -0.4 is 15.5 Å². The highest BCUT2D eigenvalue weighted by molar-refractivity contribution is 5.91. The van der Waals surface area contributed by atoms with Crippen LogP contribution in [0.1, 0.15) is 37.3 Å². The molecule has 1 heterocycles. The normalized spacial score (nSPS) is 14.9. The fourth-order valence-electron chi connectivity index (χ4n) is 3.48. The Morgan fingerprint density at radius 2 is 1.78 bits per heavy atom. The maximum Gasteiger partial charge on any atom is 0.226 e. The van der Waals surface area contributed by atoms with E-state index < -0.39 is 0 Å². The second-order valence-corrected chi connectivity index (χ2v) is 7.69. The van der Waals surface area contributed by atoms with Crippen molar-refractivity contribution in [2.75, 3.05) is 35.2 Å². The van der Waals surface area contributed by atoms with E-state index in [9.17, 15) is 4.79 Å². The number of amides is 1. The molecule has 1 amide bonds. The van der Waals surface area contributed by atoms with Gasteiger partial charge in [0.1, 0.15) is 0 Å². The van der Waals surface area contributed by atoms with Gasteiger partial charge in [0, 0.05) is 43.1 Å². The van der Waals surface area contributed by atoms with Crippen LogP contribution in [-0.4, -0.2) is 25.5 Å². The highest BCUT2D eigenvalue weighted by atomic mass is 16.1. The minimum Gasteiger partial charge on any atom is -0.385 e. The molecule has 1 saturated heterocycles. The molecule has 0 saturated carbocycles. The lowest BCUT2D eigenvalue weighted by molar-refractivity contribution is -0.115. The van der Waals surface area contributed by atoms with Crippen LogP contribution in [0, 0.1) is 19.8 Å². The predicted molar refractivity (Wildman–Crippen MR) is 115 cm³/mol. The molecule has 0 spiro atoms. The molecule has 0 bridgehead atoms. The number of hydrogen-bond acceptors (Lipinski definition) is 3. The molecule has 4 nitrogen and oxygen atoms in total. The van der Waals surface area contributed by atoms with E-state index in [0.717, 1.165) is 35.9 Å². The maximum absolute atomic E-state index is 12.2. The van der Waals surface area contributed by atoms with Crippen LogP contribution in [-0.2, 0) is 4.79 Å². The number of aryl methyl sites for hydroxylation is 1. The van der Waals surface area contributed by atoms with Gasteiger partial charge in [-0.3, -0.25) is 4.79 Å². The highest BCUT2D eigenvalue weighted by Crippen LogP contribution is 2.24. The van der Waals surface area contributed by atoms with Crippen LogP contribution in [0.5, 0.6) is 0 Å². The Hall–Kier alpha value is -2.49. The zero-order valence-electron chi connectivity index (χ0n) is 16.7. The van der Waals surface area contributed by atoms with Gasteiger partial charge in [-0.05, 0) is 74.1 Å². The Morgan fingerprint density at radius 1 is 1.07 bits per heavy atom. The van der Waals surface area contributed by atoms with E-state index >= 15 is 0 Å². The number of nitrogens with one attached hydrogen (secondary N) is 2. The summed E-state index contributed by atoms with van der Waals surface area (Å²) in [4.78, 5) is 14.7. The van der Waals surface area contributed by atoms with Gasteiger partial charge in [0.25, 0.3) is 0 Å². The summed E-state index contributed by atoms with van der Waals surface area (Å²) >= 11 is 0. The zero-order valence-corrected chi connectivity index (χ0v) is 16.7. The van der Waals surface area contributed by atoms with Crippen molar-refractivity contribution in [2.45, 2.75) is 40.0 Å². The van der Waals surface area contributed by atoms with Crippen molar-refractivity contribution in [3.63, 3.8) is 0 Å². The number of piperidine rings is 1.